The zero-order chi connectivity index (χ0) is 18.3. The molecule has 2 aromatic heterocycles. The highest BCUT2D eigenvalue weighted by Crippen LogP contribution is 2.39. The highest BCUT2D eigenvalue weighted by atomic mass is 32.1. The van der Waals surface area contributed by atoms with Crippen LogP contribution < -0.4 is 5.32 Å². The lowest BCUT2D eigenvalue weighted by Crippen LogP contribution is -2.41. The van der Waals surface area contributed by atoms with Crippen molar-refractivity contribution in [2.45, 2.75) is 45.7 Å². The first-order chi connectivity index (χ1) is 12.6. The molecule has 0 saturated heterocycles. The van der Waals surface area contributed by atoms with E-state index in [0.29, 0.717) is 18.0 Å². The molecule has 2 aromatic rings. The normalized spacial score (nSPS) is 22.3. The van der Waals surface area contributed by atoms with Gasteiger partial charge in [-0.25, -0.2) is 0 Å². The molecule has 0 saturated carbocycles. The van der Waals surface area contributed by atoms with Gasteiger partial charge in [-0.3, -0.25) is 9.69 Å². The maximum Gasteiger partial charge on any atom is 0.239 e. The van der Waals surface area contributed by atoms with E-state index in [0.717, 1.165) is 42.9 Å². The number of fused-ring (bicyclic) bond motifs is 2. The third-order valence-corrected chi connectivity index (χ3v) is 6.86. The quantitative estimate of drug-likeness (QED) is 0.901. The van der Waals surface area contributed by atoms with Crippen LogP contribution in [0.5, 0.6) is 0 Å². The van der Waals surface area contributed by atoms with Crippen LogP contribution >= 0.6 is 11.3 Å². The first-order valence-electron chi connectivity index (χ1n) is 9.30. The maximum absolute atomic E-state index is 12.7. The van der Waals surface area contributed by atoms with Crippen molar-refractivity contribution >= 4 is 22.2 Å². The Morgan fingerprint density at radius 1 is 1.42 bits per heavy atom. The van der Waals surface area contributed by atoms with Crippen molar-refractivity contribution < 1.29 is 4.79 Å². The van der Waals surface area contributed by atoms with E-state index in [-0.39, 0.29) is 11.9 Å². The van der Waals surface area contributed by atoms with Gasteiger partial charge in [0.15, 0.2) is 0 Å². The molecule has 136 valence electrons. The summed E-state index contributed by atoms with van der Waals surface area (Å²) in [6.07, 6.45) is 5.19. The molecule has 2 atom stereocenters. The number of anilines is 1. The van der Waals surface area contributed by atoms with Crippen molar-refractivity contribution in [2.24, 2.45) is 5.92 Å². The predicted octanol–water partition coefficient (Wildman–Crippen LogP) is 3.56. The number of hydrogen-bond acceptors (Lipinski definition) is 4. The lowest BCUT2D eigenvalue weighted by molar-refractivity contribution is -0.118. The van der Waals surface area contributed by atoms with E-state index in [2.05, 4.69) is 53.0 Å². The van der Waals surface area contributed by atoms with Gasteiger partial charge in [0, 0.05) is 35.9 Å². The molecular weight excluding hydrogens is 344 g/mol. The SMILES string of the molecule is C[C@H]1CCc2c(sc(NC(=O)CN3CCn4cccc4[C@H]3C)c2C#N)C1. The number of rotatable bonds is 3. The molecule has 1 aliphatic heterocycles. The summed E-state index contributed by atoms with van der Waals surface area (Å²) in [7, 11) is 0. The Bertz CT molecular complexity index is 875. The van der Waals surface area contributed by atoms with Gasteiger partial charge in [-0.15, -0.1) is 11.3 Å². The Kier molecular flexibility index (Phi) is 4.60. The first-order valence-corrected chi connectivity index (χ1v) is 10.1. The van der Waals surface area contributed by atoms with Gasteiger partial charge < -0.3 is 9.88 Å². The fourth-order valence-electron chi connectivity index (χ4n) is 4.15. The number of aromatic nitrogens is 1. The summed E-state index contributed by atoms with van der Waals surface area (Å²) in [5, 5.41) is 13.4. The smallest absolute Gasteiger partial charge is 0.239 e. The third kappa shape index (κ3) is 3.06. The molecule has 0 spiro atoms. The average Bonchev–Trinajstić information content (AvgIpc) is 3.21. The number of nitrogens with zero attached hydrogens (tertiary/aromatic N) is 3. The van der Waals surface area contributed by atoms with Crippen LogP contribution in [-0.2, 0) is 24.2 Å². The van der Waals surface area contributed by atoms with Gasteiger partial charge in [-0.2, -0.15) is 5.26 Å². The molecule has 5 nitrogen and oxygen atoms in total. The molecule has 4 rings (SSSR count). The van der Waals surface area contributed by atoms with Gasteiger partial charge >= 0.3 is 0 Å². The molecule has 2 aliphatic rings. The van der Waals surface area contributed by atoms with Crippen LogP contribution in [0.3, 0.4) is 0 Å². The van der Waals surface area contributed by atoms with Gasteiger partial charge in [0.2, 0.25) is 5.91 Å². The minimum Gasteiger partial charge on any atom is -0.349 e. The standard InChI is InChI=1S/C20H24N4OS/c1-13-5-6-15-16(11-21)20(26-18(15)10-13)22-19(25)12-24-9-8-23-7-3-4-17(23)14(24)2/h3-4,7,13-14H,5-6,8-10,12H2,1-2H3,(H,22,25)/t13-,14+/m0/s1. The van der Waals surface area contributed by atoms with Crippen molar-refractivity contribution in [1.82, 2.24) is 9.47 Å². The number of nitriles is 1. The monoisotopic (exact) mass is 368 g/mol. The van der Waals surface area contributed by atoms with Crippen molar-refractivity contribution in [3.63, 3.8) is 0 Å². The lowest BCUT2D eigenvalue weighted by Gasteiger charge is -2.34. The first kappa shape index (κ1) is 17.3. The summed E-state index contributed by atoms with van der Waals surface area (Å²) in [5.41, 5.74) is 3.10. The largest absolute Gasteiger partial charge is 0.349 e. The number of carbonyl (C=O) groups excluding carboxylic acids is 1. The van der Waals surface area contributed by atoms with Crippen LogP contribution in [0, 0.1) is 17.2 Å². The summed E-state index contributed by atoms with van der Waals surface area (Å²) in [6.45, 7) is 6.52. The van der Waals surface area contributed by atoms with Crippen LogP contribution in [0.2, 0.25) is 0 Å². The maximum atomic E-state index is 12.7. The average molecular weight is 369 g/mol. The third-order valence-electron chi connectivity index (χ3n) is 5.69. The second-order valence-electron chi connectivity index (χ2n) is 7.49. The predicted molar refractivity (Wildman–Crippen MR) is 103 cm³/mol. The zero-order valence-electron chi connectivity index (χ0n) is 15.3. The van der Waals surface area contributed by atoms with Crippen molar-refractivity contribution in [1.29, 1.82) is 5.26 Å². The Morgan fingerprint density at radius 3 is 3.08 bits per heavy atom. The molecule has 3 heterocycles. The van der Waals surface area contributed by atoms with Gasteiger partial charge in [0.05, 0.1) is 12.1 Å². The Labute approximate surface area is 158 Å². The second kappa shape index (κ2) is 6.90. The highest BCUT2D eigenvalue weighted by molar-refractivity contribution is 7.16. The van der Waals surface area contributed by atoms with Crippen LogP contribution in [0.25, 0.3) is 0 Å². The molecule has 1 N–H and O–H groups in total. The molecule has 1 amide bonds. The van der Waals surface area contributed by atoms with E-state index in [1.165, 1.54) is 10.6 Å². The molecule has 6 heteroatoms. The number of hydrogen-bond donors (Lipinski definition) is 1. The molecule has 0 bridgehead atoms. The molecule has 0 aromatic carbocycles. The molecule has 0 fully saturated rings. The Balaban J connectivity index is 1.47. The van der Waals surface area contributed by atoms with E-state index in [9.17, 15) is 10.1 Å². The minimum absolute atomic E-state index is 0.0278. The molecule has 0 radical (unpaired) electrons. The van der Waals surface area contributed by atoms with E-state index in [4.69, 9.17) is 0 Å². The van der Waals surface area contributed by atoms with E-state index in [1.54, 1.807) is 11.3 Å². The molecule has 1 aliphatic carbocycles. The second-order valence-corrected chi connectivity index (χ2v) is 8.59. The fourth-order valence-corrected chi connectivity index (χ4v) is 5.53. The van der Waals surface area contributed by atoms with Crippen LogP contribution in [0.15, 0.2) is 18.3 Å². The highest BCUT2D eigenvalue weighted by Gasteiger charge is 2.27. The van der Waals surface area contributed by atoms with E-state index < -0.39 is 0 Å². The summed E-state index contributed by atoms with van der Waals surface area (Å²) >= 11 is 1.59. The van der Waals surface area contributed by atoms with E-state index >= 15 is 0 Å². The number of nitrogens with one attached hydrogen (secondary N) is 1. The number of amides is 1. The van der Waals surface area contributed by atoms with Crippen molar-refractivity contribution in [3.05, 3.63) is 40.0 Å². The lowest BCUT2D eigenvalue weighted by atomic mass is 9.89. The van der Waals surface area contributed by atoms with Gasteiger partial charge in [0.1, 0.15) is 11.1 Å². The van der Waals surface area contributed by atoms with Gasteiger partial charge in [-0.1, -0.05) is 6.92 Å². The van der Waals surface area contributed by atoms with Crippen LogP contribution in [0.1, 0.15) is 48.0 Å². The Morgan fingerprint density at radius 2 is 2.27 bits per heavy atom. The zero-order valence-corrected chi connectivity index (χ0v) is 16.1. The summed E-state index contributed by atoms with van der Waals surface area (Å²) in [4.78, 5) is 16.1. The van der Waals surface area contributed by atoms with Gasteiger partial charge in [0.25, 0.3) is 0 Å². The minimum atomic E-state index is -0.0278. The number of carbonyl (C=O) groups is 1. The van der Waals surface area contributed by atoms with Crippen molar-refractivity contribution in [3.8, 4) is 6.07 Å². The number of thiophene rings is 1. The Hall–Kier alpha value is -2.10. The van der Waals surface area contributed by atoms with Crippen LogP contribution in [0.4, 0.5) is 5.00 Å². The molecular formula is C20H24N4OS. The summed E-state index contributed by atoms with van der Waals surface area (Å²) in [6, 6.07) is 6.73. The fraction of sp³-hybridized carbons (Fsp3) is 0.500. The molecule has 0 unspecified atom stereocenters. The summed E-state index contributed by atoms with van der Waals surface area (Å²) in [5.74, 6) is 0.627. The van der Waals surface area contributed by atoms with Gasteiger partial charge in [-0.05, 0) is 49.8 Å². The van der Waals surface area contributed by atoms with Crippen LogP contribution in [-0.4, -0.2) is 28.5 Å². The van der Waals surface area contributed by atoms with Crippen molar-refractivity contribution in [2.75, 3.05) is 18.4 Å². The van der Waals surface area contributed by atoms with E-state index in [1.807, 2.05) is 0 Å². The topological polar surface area (TPSA) is 61.1 Å². The molecule has 26 heavy (non-hydrogen) atoms. The summed E-state index contributed by atoms with van der Waals surface area (Å²) < 4.78 is 2.25.